The fraction of sp³-hybridized carbons (Fsp3) is 0.480. The van der Waals surface area contributed by atoms with Crippen LogP contribution < -0.4 is 9.47 Å². The number of carbonyl (C=O) groups is 1. The third kappa shape index (κ3) is 5.18. The van der Waals surface area contributed by atoms with Gasteiger partial charge in [-0.3, -0.25) is 4.79 Å². The lowest BCUT2D eigenvalue weighted by molar-refractivity contribution is -0.125. The normalized spacial score (nSPS) is 18.3. The number of hydrogen-bond acceptors (Lipinski definition) is 7. The topological polar surface area (TPSA) is 102 Å². The largest absolute Gasteiger partial charge is 0.480 e. The molecule has 1 aromatic heterocycles. The van der Waals surface area contributed by atoms with E-state index in [1.54, 1.807) is 22.6 Å². The first-order valence-electron chi connectivity index (χ1n) is 11.7. The lowest BCUT2D eigenvalue weighted by Gasteiger charge is -2.38. The monoisotopic (exact) mass is 500 g/mol. The van der Waals surface area contributed by atoms with Gasteiger partial charge in [0.15, 0.2) is 0 Å². The molecule has 2 saturated heterocycles. The van der Waals surface area contributed by atoms with Crippen LogP contribution in [0.3, 0.4) is 0 Å². The Balaban J connectivity index is 1.39. The highest BCUT2D eigenvalue weighted by molar-refractivity contribution is 7.89. The Morgan fingerprint density at radius 3 is 2.49 bits per heavy atom. The molecular formula is C25H32N4O5S. The molecule has 188 valence electrons. The van der Waals surface area contributed by atoms with E-state index in [1.807, 2.05) is 30.9 Å². The van der Waals surface area contributed by atoms with Gasteiger partial charge in [-0.05, 0) is 61.8 Å². The molecule has 0 atom stereocenters. The quantitative estimate of drug-likeness (QED) is 0.562. The van der Waals surface area contributed by atoms with Crippen LogP contribution in [0.1, 0.15) is 36.0 Å². The van der Waals surface area contributed by atoms with E-state index in [4.69, 9.17) is 9.47 Å². The number of aryl methyl sites for hydroxylation is 2. The maximum Gasteiger partial charge on any atom is 0.319 e. The van der Waals surface area contributed by atoms with Crippen molar-refractivity contribution >= 4 is 22.0 Å². The van der Waals surface area contributed by atoms with Crippen LogP contribution >= 0.6 is 0 Å². The van der Waals surface area contributed by atoms with Gasteiger partial charge >= 0.3 is 6.01 Å². The summed E-state index contributed by atoms with van der Waals surface area (Å²) in [6.07, 6.45) is 7.05. The number of rotatable bonds is 6. The molecule has 2 aliphatic heterocycles. The number of piperidine rings is 1. The van der Waals surface area contributed by atoms with Gasteiger partial charge in [0.2, 0.25) is 21.8 Å². The van der Waals surface area contributed by atoms with E-state index in [1.165, 1.54) is 20.3 Å². The van der Waals surface area contributed by atoms with Crippen molar-refractivity contribution < 1.29 is 22.7 Å². The zero-order chi connectivity index (χ0) is 25.2. The lowest BCUT2D eigenvalue weighted by Crippen LogP contribution is -2.44. The minimum absolute atomic E-state index is 0.0436. The van der Waals surface area contributed by atoms with E-state index in [-0.39, 0.29) is 17.3 Å². The molecule has 2 fully saturated rings. The van der Waals surface area contributed by atoms with Gasteiger partial charge in [-0.15, -0.1) is 0 Å². The predicted molar refractivity (Wildman–Crippen MR) is 132 cm³/mol. The van der Waals surface area contributed by atoms with Gasteiger partial charge in [-0.1, -0.05) is 12.1 Å². The molecular weight excluding hydrogens is 468 g/mol. The Morgan fingerprint density at radius 1 is 1.09 bits per heavy atom. The van der Waals surface area contributed by atoms with E-state index < -0.39 is 10.0 Å². The Bertz CT molecular complexity index is 1240. The fourth-order valence-corrected chi connectivity index (χ4v) is 6.61. The van der Waals surface area contributed by atoms with Crippen molar-refractivity contribution in [2.75, 3.05) is 40.4 Å². The van der Waals surface area contributed by atoms with Crippen molar-refractivity contribution in [1.29, 1.82) is 0 Å². The highest BCUT2D eigenvalue weighted by Crippen LogP contribution is 2.41. The van der Waals surface area contributed by atoms with E-state index in [9.17, 15) is 13.2 Å². The SMILES string of the molecule is COc1ncc(C=CC(=O)N2CCC3(CCN(S(=O)(=O)c4cc(C)ccc4C)CC3)C2)c(OC)n1. The van der Waals surface area contributed by atoms with Crippen molar-refractivity contribution in [2.45, 2.75) is 38.0 Å². The van der Waals surface area contributed by atoms with Crippen LogP contribution in [-0.4, -0.2) is 73.9 Å². The van der Waals surface area contributed by atoms with Gasteiger partial charge in [-0.25, -0.2) is 13.4 Å². The standard InChI is InChI=1S/C25H32N4O5S/c1-18-5-6-19(2)21(15-18)35(31,32)29-13-10-25(11-14-29)9-12-28(17-25)22(30)8-7-20-16-26-24(34-4)27-23(20)33-3/h5-8,15-16H,9-14,17H2,1-4H3. The smallest absolute Gasteiger partial charge is 0.319 e. The summed E-state index contributed by atoms with van der Waals surface area (Å²) in [5, 5.41) is 0. The molecule has 0 aliphatic carbocycles. The van der Waals surface area contributed by atoms with Crippen LogP contribution in [0, 0.1) is 19.3 Å². The second-order valence-electron chi connectivity index (χ2n) is 9.34. The molecule has 2 aliphatic rings. The van der Waals surface area contributed by atoms with Crippen molar-refractivity contribution in [2.24, 2.45) is 5.41 Å². The summed E-state index contributed by atoms with van der Waals surface area (Å²) in [7, 11) is -0.562. The molecule has 0 radical (unpaired) electrons. The number of methoxy groups -OCH3 is 2. The van der Waals surface area contributed by atoms with Crippen molar-refractivity contribution in [3.05, 3.63) is 47.2 Å². The van der Waals surface area contributed by atoms with Crippen LogP contribution in [0.5, 0.6) is 11.9 Å². The van der Waals surface area contributed by atoms with E-state index in [0.717, 1.165) is 30.4 Å². The Morgan fingerprint density at radius 2 is 1.80 bits per heavy atom. The number of hydrogen-bond donors (Lipinski definition) is 0. The number of sulfonamides is 1. The number of aromatic nitrogens is 2. The number of ether oxygens (including phenoxy) is 2. The molecule has 10 heteroatoms. The third-order valence-electron chi connectivity index (χ3n) is 7.03. The third-order valence-corrected chi connectivity index (χ3v) is 9.07. The number of nitrogens with zero attached hydrogens (tertiary/aromatic N) is 4. The van der Waals surface area contributed by atoms with Crippen LogP contribution in [0.4, 0.5) is 0 Å². The molecule has 0 saturated carbocycles. The molecule has 4 rings (SSSR count). The molecule has 0 N–H and O–H groups in total. The van der Waals surface area contributed by atoms with Gasteiger partial charge in [0.05, 0.1) is 24.7 Å². The molecule has 1 amide bonds. The summed E-state index contributed by atoms with van der Waals surface area (Å²) in [6, 6.07) is 5.73. The second-order valence-corrected chi connectivity index (χ2v) is 11.2. The van der Waals surface area contributed by atoms with Crippen LogP contribution in [0.25, 0.3) is 6.08 Å². The first-order valence-corrected chi connectivity index (χ1v) is 13.1. The van der Waals surface area contributed by atoms with Gasteiger partial charge in [0.25, 0.3) is 0 Å². The second kappa shape index (κ2) is 9.94. The summed E-state index contributed by atoms with van der Waals surface area (Å²) < 4.78 is 38.4. The molecule has 0 unspecified atom stereocenters. The first-order chi connectivity index (χ1) is 16.7. The minimum Gasteiger partial charge on any atom is -0.480 e. The van der Waals surface area contributed by atoms with Crippen LogP contribution in [0.2, 0.25) is 0 Å². The van der Waals surface area contributed by atoms with E-state index >= 15 is 0 Å². The highest BCUT2D eigenvalue weighted by atomic mass is 32.2. The van der Waals surface area contributed by atoms with Crippen molar-refractivity contribution in [1.82, 2.24) is 19.2 Å². The van der Waals surface area contributed by atoms with Gasteiger partial charge < -0.3 is 14.4 Å². The Hall–Kier alpha value is -2.98. The van der Waals surface area contributed by atoms with Gasteiger partial charge in [-0.2, -0.15) is 9.29 Å². The number of benzene rings is 1. The van der Waals surface area contributed by atoms with Crippen LogP contribution in [0.15, 0.2) is 35.4 Å². The Kier molecular flexibility index (Phi) is 7.14. The summed E-state index contributed by atoms with van der Waals surface area (Å²) in [5.41, 5.74) is 2.23. The van der Waals surface area contributed by atoms with Crippen molar-refractivity contribution in [3.8, 4) is 11.9 Å². The Labute approximate surface area is 206 Å². The molecule has 2 aromatic rings. The van der Waals surface area contributed by atoms with Crippen LogP contribution in [-0.2, 0) is 14.8 Å². The maximum absolute atomic E-state index is 13.3. The summed E-state index contributed by atoms with van der Waals surface area (Å²) in [5.74, 6) is 0.237. The highest BCUT2D eigenvalue weighted by Gasteiger charge is 2.44. The molecule has 3 heterocycles. The van der Waals surface area contributed by atoms with E-state index in [0.29, 0.717) is 42.5 Å². The molecule has 9 nitrogen and oxygen atoms in total. The average molecular weight is 501 g/mol. The number of carbonyl (C=O) groups excluding carboxylic acids is 1. The first kappa shape index (κ1) is 25.1. The molecule has 35 heavy (non-hydrogen) atoms. The number of amides is 1. The summed E-state index contributed by atoms with van der Waals surface area (Å²) >= 11 is 0. The zero-order valence-electron chi connectivity index (χ0n) is 20.7. The van der Waals surface area contributed by atoms with E-state index in [2.05, 4.69) is 9.97 Å². The average Bonchev–Trinajstić information content (AvgIpc) is 3.27. The summed E-state index contributed by atoms with van der Waals surface area (Å²) in [6.45, 7) is 5.95. The van der Waals surface area contributed by atoms with Crippen molar-refractivity contribution in [3.63, 3.8) is 0 Å². The molecule has 0 bridgehead atoms. The predicted octanol–water partition coefficient (Wildman–Crippen LogP) is 2.83. The number of likely N-dealkylation sites (tertiary alicyclic amines) is 1. The van der Waals surface area contributed by atoms with Gasteiger partial charge in [0, 0.05) is 38.5 Å². The summed E-state index contributed by atoms with van der Waals surface area (Å²) in [4.78, 5) is 23.3. The maximum atomic E-state index is 13.3. The minimum atomic E-state index is -3.53. The van der Waals surface area contributed by atoms with Gasteiger partial charge in [0.1, 0.15) is 0 Å². The lowest BCUT2D eigenvalue weighted by atomic mass is 9.78. The molecule has 1 spiro atoms. The molecule has 1 aromatic carbocycles. The zero-order valence-corrected chi connectivity index (χ0v) is 21.5. The fourth-order valence-electron chi connectivity index (χ4n) is 4.86.